The Morgan fingerprint density at radius 3 is 2.45 bits per heavy atom. The summed E-state index contributed by atoms with van der Waals surface area (Å²) in [5, 5.41) is 9.09. The van der Waals surface area contributed by atoms with Crippen molar-refractivity contribution in [1.82, 2.24) is 24.0 Å². The second-order valence-corrected chi connectivity index (χ2v) is 7.31. The molecule has 3 aromatic rings. The lowest BCUT2D eigenvalue weighted by Gasteiger charge is -2.26. The van der Waals surface area contributed by atoms with Crippen molar-refractivity contribution < 1.29 is 4.74 Å². The molecular weight excluding hydrogens is 420 g/mol. The Hall–Kier alpha value is -2.93. The number of morpholine rings is 1. The summed E-state index contributed by atoms with van der Waals surface area (Å²) < 4.78 is 8.83. The van der Waals surface area contributed by atoms with Crippen LogP contribution in [0.4, 0.5) is 0 Å². The zero-order valence-electron chi connectivity index (χ0n) is 17.3. The Labute approximate surface area is 185 Å². The summed E-state index contributed by atoms with van der Waals surface area (Å²) in [6.07, 6.45) is 0.744. The van der Waals surface area contributed by atoms with Crippen LogP contribution in [0.5, 0.6) is 0 Å². The molecule has 1 N–H and O–H groups in total. The molecule has 1 aliphatic rings. The van der Waals surface area contributed by atoms with Crippen LogP contribution in [0, 0.1) is 11.3 Å². The van der Waals surface area contributed by atoms with Crippen LogP contribution in [0.15, 0.2) is 33.9 Å². The maximum absolute atomic E-state index is 12.8. The maximum Gasteiger partial charge on any atom is 0.330 e. The zero-order valence-corrected chi connectivity index (χ0v) is 18.2. The van der Waals surface area contributed by atoms with Crippen molar-refractivity contribution >= 4 is 23.6 Å². The van der Waals surface area contributed by atoms with E-state index >= 15 is 0 Å². The van der Waals surface area contributed by atoms with Gasteiger partial charge in [0.2, 0.25) is 0 Å². The van der Waals surface area contributed by atoms with Gasteiger partial charge in [0.1, 0.15) is 5.82 Å². The molecule has 3 heterocycles. The zero-order chi connectivity index (χ0) is 21.1. The van der Waals surface area contributed by atoms with Crippen molar-refractivity contribution in [3.63, 3.8) is 0 Å². The van der Waals surface area contributed by atoms with E-state index in [-0.39, 0.29) is 12.4 Å². The number of nitriles is 1. The SMILES string of the molecule is CCCn1c(=O)[nH]c(=O)c2c1nc(-c1ccc(C#N)cc1)n2CCN1CCOCC1.Cl. The van der Waals surface area contributed by atoms with Gasteiger partial charge in [-0.3, -0.25) is 19.2 Å². The van der Waals surface area contributed by atoms with Gasteiger partial charge < -0.3 is 9.30 Å². The molecule has 0 unspecified atom stereocenters. The standard InChI is InChI=1S/C21H24N6O3.ClH/c1-2-7-27-19-17(20(28)24-21(27)29)26(9-8-25-10-12-30-13-11-25)18(23-19)16-5-3-15(14-22)4-6-16;/h3-6H,2,7-13H2,1H3,(H,24,28,29);1H. The monoisotopic (exact) mass is 444 g/mol. The molecule has 10 heteroatoms. The molecule has 0 atom stereocenters. The highest BCUT2D eigenvalue weighted by atomic mass is 35.5. The number of hydrogen-bond acceptors (Lipinski definition) is 6. The van der Waals surface area contributed by atoms with Gasteiger partial charge in [-0.25, -0.2) is 9.78 Å². The van der Waals surface area contributed by atoms with E-state index < -0.39 is 11.2 Å². The first-order valence-corrected chi connectivity index (χ1v) is 10.2. The fraction of sp³-hybridized carbons (Fsp3) is 0.429. The van der Waals surface area contributed by atoms with Gasteiger partial charge in [-0.15, -0.1) is 12.4 Å². The summed E-state index contributed by atoms with van der Waals surface area (Å²) in [7, 11) is 0. The van der Waals surface area contributed by atoms with Crippen LogP contribution < -0.4 is 11.2 Å². The van der Waals surface area contributed by atoms with Crippen LogP contribution in [0.25, 0.3) is 22.6 Å². The van der Waals surface area contributed by atoms with Crippen molar-refractivity contribution in [2.75, 3.05) is 32.8 Å². The molecule has 9 nitrogen and oxygen atoms in total. The normalized spacial score (nSPS) is 14.3. The third-order valence-corrected chi connectivity index (χ3v) is 5.35. The number of H-pyrrole nitrogens is 1. The van der Waals surface area contributed by atoms with E-state index in [0.717, 1.165) is 31.6 Å². The summed E-state index contributed by atoms with van der Waals surface area (Å²) in [6, 6.07) is 9.21. The van der Waals surface area contributed by atoms with E-state index in [1.54, 1.807) is 12.1 Å². The Morgan fingerprint density at radius 2 is 1.81 bits per heavy atom. The van der Waals surface area contributed by atoms with Crippen molar-refractivity contribution in [2.24, 2.45) is 0 Å². The molecular formula is C21H25ClN6O3. The molecule has 31 heavy (non-hydrogen) atoms. The minimum atomic E-state index is -0.446. The molecule has 0 amide bonds. The number of rotatable bonds is 6. The average molecular weight is 445 g/mol. The van der Waals surface area contributed by atoms with Gasteiger partial charge in [-0.1, -0.05) is 6.92 Å². The van der Waals surface area contributed by atoms with E-state index in [1.807, 2.05) is 23.6 Å². The van der Waals surface area contributed by atoms with Gasteiger partial charge in [0.25, 0.3) is 5.56 Å². The first kappa shape index (κ1) is 22.7. The number of ether oxygens (including phenoxy) is 1. The van der Waals surface area contributed by atoms with Crippen LogP contribution in [-0.4, -0.2) is 56.9 Å². The number of fused-ring (bicyclic) bond motifs is 1. The fourth-order valence-electron chi connectivity index (χ4n) is 3.80. The van der Waals surface area contributed by atoms with Crippen molar-refractivity contribution in [1.29, 1.82) is 5.26 Å². The van der Waals surface area contributed by atoms with Crippen LogP contribution in [0.1, 0.15) is 18.9 Å². The highest BCUT2D eigenvalue weighted by Gasteiger charge is 2.20. The van der Waals surface area contributed by atoms with E-state index in [0.29, 0.717) is 48.9 Å². The van der Waals surface area contributed by atoms with Crippen molar-refractivity contribution in [2.45, 2.75) is 26.4 Å². The molecule has 0 radical (unpaired) electrons. The molecule has 0 bridgehead atoms. The number of benzene rings is 1. The highest BCUT2D eigenvalue weighted by molar-refractivity contribution is 5.85. The number of aromatic nitrogens is 4. The third kappa shape index (κ3) is 4.56. The van der Waals surface area contributed by atoms with E-state index in [4.69, 9.17) is 15.0 Å². The number of hydrogen-bond donors (Lipinski definition) is 1. The molecule has 0 saturated carbocycles. The van der Waals surface area contributed by atoms with Gasteiger partial charge in [-0.05, 0) is 30.7 Å². The Morgan fingerprint density at radius 1 is 1.10 bits per heavy atom. The number of aryl methyl sites for hydroxylation is 1. The second-order valence-electron chi connectivity index (χ2n) is 7.31. The lowest BCUT2D eigenvalue weighted by molar-refractivity contribution is 0.0365. The largest absolute Gasteiger partial charge is 0.379 e. The predicted octanol–water partition coefficient (Wildman–Crippen LogP) is 1.59. The van der Waals surface area contributed by atoms with Crippen LogP contribution >= 0.6 is 12.4 Å². The van der Waals surface area contributed by atoms with Crippen LogP contribution in [0.2, 0.25) is 0 Å². The molecule has 1 fully saturated rings. The number of nitrogens with one attached hydrogen (secondary N) is 1. The molecule has 1 saturated heterocycles. The Kier molecular flexibility index (Phi) is 7.28. The van der Waals surface area contributed by atoms with Gasteiger partial charge in [-0.2, -0.15) is 5.26 Å². The predicted molar refractivity (Wildman–Crippen MR) is 120 cm³/mol. The molecule has 0 spiro atoms. The number of halogens is 1. The third-order valence-electron chi connectivity index (χ3n) is 5.35. The number of imidazole rings is 1. The van der Waals surface area contributed by atoms with Crippen LogP contribution in [-0.2, 0) is 17.8 Å². The second kappa shape index (κ2) is 9.92. The molecule has 1 aromatic carbocycles. The lowest BCUT2D eigenvalue weighted by atomic mass is 10.1. The van der Waals surface area contributed by atoms with Crippen molar-refractivity contribution in [3.8, 4) is 17.5 Å². The highest BCUT2D eigenvalue weighted by Crippen LogP contribution is 2.23. The van der Waals surface area contributed by atoms with E-state index in [9.17, 15) is 9.59 Å². The first-order valence-electron chi connectivity index (χ1n) is 10.2. The lowest BCUT2D eigenvalue weighted by Crippen LogP contribution is -2.38. The summed E-state index contributed by atoms with van der Waals surface area (Å²) >= 11 is 0. The summed E-state index contributed by atoms with van der Waals surface area (Å²) in [6.45, 7) is 6.82. The summed E-state index contributed by atoms with van der Waals surface area (Å²) in [4.78, 5) is 34.6. The number of nitrogens with zero attached hydrogens (tertiary/aromatic N) is 5. The smallest absolute Gasteiger partial charge is 0.330 e. The molecule has 0 aliphatic carbocycles. The molecule has 164 valence electrons. The minimum Gasteiger partial charge on any atom is -0.379 e. The quantitative estimate of drug-likeness (QED) is 0.618. The van der Waals surface area contributed by atoms with Gasteiger partial charge >= 0.3 is 5.69 Å². The van der Waals surface area contributed by atoms with Gasteiger partial charge in [0.15, 0.2) is 11.2 Å². The maximum atomic E-state index is 12.8. The minimum absolute atomic E-state index is 0. The Balaban J connectivity index is 0.00000272. The van der Waals surface area contributed by atoms with E-state index in [2.05, 4.69) is 16.0 Å². The fourth-order valence-corrected chi connectivity index (χ4v) is 3.80. The molecule has 4 rings (SSSR count). The van der Waals surface area contributed by atoms with E-state index in [1.165, 1.54) is 4.57 Å². The molecule has 2 aromatic heterocycles. The van der Waals surface area contributed by atoms with Crippen LogP contribution in [0.3, 0.4) is 0 Å². The van der Waals surface area contributed by atoms with Gasteiger partial charge in [0, 0.05) is 38.3 Å². The average Bonchev–Trinajstić information content (AvgIpc) is 3.16. The first-order chi connectivity index (χ1) is 14.6. The number of aromatic amines is 1. The topological polar surface area (TPSA) is 109 Å². The Bertz CT molecular complexity index is 1200. The van der Waals surface area contributed by atoms with Crippen molar-refractivity contribution in [3.05, 3.63) is 50.7 Å². The molecule has 1 aliphatic heterocycles. The van der Waals surface area contributed by atoms with Gasteiger partial charge in [0.05, 0.1) is 24.8 Å². The summed E-state index contributed by atoms with van der Waals surface area (Å²) in [5.41, 5.74) is 1.26. The summed E-state index contributed by atoms with van der Waals surface area (Å²) in [5.74, 6) is 0.615.